The molecule has 1 N–H and O–H groups in total. The van der Waals surface area contributed by atoms with Gasteiger partial charge in [0, 0.05) is 16.8 Å². The normalized spacial score (nSPS) is 19.8. The largest absolute Gasteiger partial charge is 0.494 e. The van der Waals surface area contributed by atoms with Gasteiger partial charge < -0.3 is 14.8 Å². The molecule has 0 spiro atoms. The van der Waals surface area contributed by atoms with Gasteiger partial charge in [0.2, 0.25) is 5.60 Å². The second-order valence-corrected chi connectivity index (χ2v) is 6.97. The van der Waals surface area contributed by atoms with Crippen LogP contribution in [0.3, 0.4) is 0 Å². The first-order chi connectivity index (χ1) is 13.7. The van der Waals surface area contributed by atoms with Gasteiger partial charge in [-0.25, -0.2) is 4.39 Å². The molecular formula is C21H18F4N2O2. The number of nitrogens with zero attached hydrogens (tertiary/aromatic N) is 1. The molecule has 1 aliphatic heterocycles. The molecule has 2 unspecified atom stereocenters. The number of alkyl halides is 3. The summed E-state index contributed by atoms with van der Waals surface area (Å²) in [4.78, 5) is 4.42. The number of rotatable bonds is 5. The van der Waals surface area contributed by atoms with Crippen molar-refractivity contribution in [2.75, 3.05) is 19.0 Å². The summed E-state index contributed by atoms with van der Waals surface area (Å²) < 4.78 is 65.4. The van der Waals surface area contributed by atoms with Crippen molar-refractivity contribution in [3.63, 3.8) is 0 Å². The van der Waals surface area contributed by atoms with Crippen LogP contribution in [0.1, 0.15) is 17.3 Å². The van der Waals surface area contributed by atoms with Crippen LogP contribution in [0.5, 0.6) is 5.75 Å². The third-order valence-electron chi connectivity index (χ3n) is 5.08. The highest BCUT2D eigenvalue weighted by molar-refractivity contribution is 5.91. The highest BCUT2D eigenvalue weighted by atomic mass is 19.4. The molecule has 0 bridgehead atoms. The summed E-state index contributed by atoms with van der Waals surface area (Å²) in [5.74, 6) is -0.792. The van der Waals surface area contributed by atoms with Crippen molar-refractivity contribution < 1.29 is 27.0 Å². The summed E-state index contributed by atoms with van der Waals surface area (Å²) in [6.45, 7) is 1.35. The van der Waals surface area contributed by atoms with Crippen molar-refractivity contribution >= 4 is 16.6 Å². The molecule has 3 aromatic rings. The van der Waals surface area contributed by atoms with Gasteiger partial charge in [0.05, 0.1) is 25.3 Å². The number of aryl methyl sites for hydroxylation is 1. The SMILES string of the molecule is COc1cc(C(Nc2cccc3nc(C)ccc23)C2(C(F)(F)F)CO2)ccc1F. The van der Waals surface area contributed by atoms with Crippen LogP contribution in [0.25, 0.3) is 10.9 Å². The number of ether oxygens (including phenoxy) is 2. The number of pyridine rings is 1. The highest BCUT2D eigenvalue weighted by Gasteiger charge is 2.70. The molecule has 0 amide bonds. The standard InChI is InChI=1S/C21H18F4N2O2/c1-12-6-8-14-16(26-12)4-3-5-17(14)27-19(20(11-29-20)21(23,24)25)13-7-9-15(22)18(10-13)28-2/h3-10,19,27H,11H2,1-2H3. The summed E-state index contributed by atoms with van der Waals surface area (Å²) in [6, 6.07) is 11.1. The summed E-state index contributed by atoms with van der Waals surface area (Å²) in [5.41, 5.74) is -0.275. The Kier molecular flexibility index (Phi) is 4.61. The van der Waals surface area contributed by atoms with Crippen LogP contribution in [-0.4, -0.2) is 30.5 Å². The monoisotopic (exact) mass is 406 g/mol. The van der Waals surface area contributed by atoms with Crippen molar-refractivity contribution in [1.82, 2.24) is 4.98 Å². The smallest absolute Gasteiger partial charge is 0.422 e. The van der Waals surface area contributed by atoms with Gasteiger partial charge in [0.15, 0.2) is 11.6 Å². The zero-order valence-electron chi connectivity index (χ0n) is 15.7. The van der Waals surface area contributed by atoms with Crippen molar-refractivity contribution in [3.8, 4) is 5.75 Å². The van der Waals surface area contributed by atoms with E-state index in [-0.39, 0.29) is 11.3 Å². The van der Waals surface area contributed by atoms with Crippen molar-refractivity contribution in [2.45, 2.75) is 24.7 Å². The number of benzene rings is 2. The molecule has 0 radical (unpaired) electrons. The Bertz CT molecular complexity index is 1060. The molecule has 29 heavy (non-hydrogen) atoms. The number of halogens is 4. The van der Waals surface area contributed by atoms with Crippen LogP contribution in [0.4, 0.5) is 23.2 Å². The maximum atomic E-state index is 13.9. The molecule has 4 nitrogen and oxygen atoms in total. The van der Waals surface area contributed by atoms with Gasteiger partial charge in [0.1, 0.15) is 0 Å². The summed E-state index contributed by atoms with van der Waals surface area (Å²) in [7, 11) is 1.26. The summed E-state index contributed by atoms with van der Waals surface area (Å²) >= 11 is 0. The van der Waals surface area contributed by atoms with Gasteiger partial charge in [-0.1, -0.05) is 12.1 Å². The molecule has 2 atom stereocenters. The van der Waals surface area contributed by atoms with E-state index in [4.69, 9.17) is 9.47 Å². The number of hydrogen-bond donors (Lipinski definition) is 1. The lowest BCUT2D eigenvalue weighted by atomic mass is 9.91. The third kappa shape index (κ3) is 3.37. The van der Waals surface area contributed by atoms with Crippen molar-refractivity contribution in [2.24, 2.45) is 0 Å². The lowest BCUT2D eigenvalue weighted by molar-refractivity contribution is -0.188. The molecule has 0 saturated carbocycles. The Morgan fingerprint density at radius 2 is 1.93 bits per heavy atom. The van der Waals surface area contributed by atoms with Crippen LogP contribution >= 0.6 is 0 Å². The molecule has 1 saturated heterocycles. The second-order valence-electron chi connectivity index (χ2n) is 6.97. The highest BCUT2D eigenvalue weighted by Crippen LogP contribution is 2.53. The maximum absolute atomic E-state index is 13.9. The number of fused-ring (bicyclic) bond motifs is 1. The molecule has 1 aromatic heterocycles. The molecule has 2 heterocycles. The summed E-state index contributed by atoms with van der Waals surface area (Å²) in [6.07, 6.45) is -4.62. The van der Waals surface area contributed by atoms with Gasteiger partial charge >= 0.3 is 6.18 Å². The van der Waals surface area contributed by atoms with E-state index in [9.17, 15) is 17.6 Å². The Morgan fingerprint density at radius 1 is 1.17 bits per heavy atom. The van der Waals surface area contributed by atoms with E-state index in [1.165, 1.54) is 19.2 Å². The average Bonchev–Trinajstić information content (AvgIpc) is 3.48. The van der Waals surface area contributed by atoms with Gasteiger partial charge in [-0.2, -0.15) is 13.2 Å². The van der Waals surface area contributed by atoms with E-state index in [0.29, 0.717) is 16.6 Å². The molecule has 152 valence electrons. The minimum atomic E-state index is -4.62. The Labute approximate surface area is 164 Å². The quantitative estimate of drug-likeness (QED) is 0.469. The van der Waals surface area contributed by atoms with Crippen molar-refractivity contribution in [1.29, 1.82) is 0 Å². The van der Waals surface area contributed by atoms with E-state index in [1.54, 1.807) is 30.3 Å². The predicted molar refractivity (Wildman–Crippen MR) is 101 cm³/mol. The Morgan fingerprint density at radius 3 is 2.59 bits per heavy atom. The Balaban J connectivity index is 1.83. The van der Waals surface area contributed by atoms with Gasteiger partial charge in [0.25, 0.3) is 0 Å². The van der Waals surface area contributed by atoms with Crippen molar-refractivity contribution in [3.05, 3.63) is 65.6 Å². The van der Waals surface area contributed by atoms with Gasteiger partial charge in [-0.05, 0) is 48.9 Å². The first-order valence-electron chi connectivity index (χ1n) is 8.92. The minimum Gasteiger partial charge on any atom is -0.494 e. The van der Waals surface area contributed by atoms with E-state index in [1.807, 2.05) is 6.92 Å². The maximum Gasteiger partial charge on any atom is 0.422 e. The van der Waals surface area contributed by atoms with Crippen LogP contribution in [0.2, 0.25) is 0 Å². The minimum absolute atomic E-state index is 0.137. The third-order valence-corrected chi connectivity index (χ3v) is 5.08. The fourth-order valence-electron chi connectivity index (χ4n) is 3.44. The van der Waals surface area contributed by atoms with Gasteiger partial charge in [-0.3, -0.25) is 4.98 Å². The molecule has 8 heteroatoms. The molecule has 4 rings (SSSR count). The zero-order valence-corrected chi connectivity index (χ0v) is 15.7. The average molecular weight is 406 g/mol. The van der Waals surface area contributed by atoms with E-state index < -0.39 is 30.2 Å². The number of aromatic nitrogens is 1. The summed E-state index contributed by atoms with van der Waals surface area (Å²) in [5, 5.41) is 3.65. The second kappa shape index (κ2) is 6.88. The molecule has 1 aliphatic rings. The fourth-order valence-corrected chi connectivity index (χ4v) is 3.44. The molecular weight excluding hydrogens is 388 g/mol. The molecule has 2 aromatic carbocycles. The molecule has 0 aliphatic carbocycles. The van der Waals surface area contributed by atoms with E-state index >= 15 is 0 Å². The number of methoxy groups -OCH3 is 1. The van der Waals surface area contributed by atoms with E-state index in [0.717, 1.165) is 11.8 Å². The first-order valence-corrected chi connectivity index (χ1v) is 8.92. The van der Waals surface area contributed by atoms with Gasteiger partial charge in [-0.15, -0.1) is 0 Å². The topological polar surface area (TPSA) is 46.7 Å². The Hall–Kier alpha value is -2.87. The molecule has 1 fully saturated rings. The predicted octanol–water partition coefficient (Wildman–Crippen LogP) is 5.18. The van der Waals surface area contributed by atoms with Crippen LogP contribution in [0.15, 0.2) is 48.5 Å². The lowest BCUT2D eigenvalue weighted by Gasteiger charge is -2.29. The number of hydrogen-bond acceptors (Lipinski definition) is 4. The number of epoxide rings is 1. The van der Waals surface area contributed by atoms with E-state index in [2.05, 4.69) is 10.3 Å². The van der Waals surface area contributed by atoms with Crippen LogP contribution in [0, 0.1) is 12.7 Å². The number of nitrogens with one attached hydrogen (secondary N) is 1. The van der Waals surface area contributed by atoms with Crippen LogP contribution < -0.4 is 10.1 Å². The van der Waals surface area contributed by atoms with Crippen LogP contribution in [-0.2, 0) is 4.74 Å². The number of anilines is 1. The first kappa shape index (κ1) is 19.4. The lowest BCUT2D eigenvalue weighted by Crippen LogP contribution is -2.42. The zero-order chi connectivity index (χ0) is 20.8. The fraction of sp³-hybridized carbons (Fsp3) is 0.286.